The lowest BCUT2D eigenvalue weighted by Gasteiger charge is -2.25. The molecule has 3 rings (SSSR count). The van der Waals surface area contributed by atoms with Crippen LogP contribution in [-0.2, 0) is 21.7 Å². The van der Waals surface area contributed by atoms with Crippen molar-refractivity contribution in [2.45, 2.75) is 45.7 Å². The molecule has 1 aliphatic heterocycles. The minimum absolute atomic E-state index is 0.199. The van der Waals surface area contributed by atoms with E-state index < -0.39 is 17.5 Å². The molecule has 1 saturated heterocycles. The number of carbonyl (C=O) groups excluding carboxylic acids is 3. The fourth-order valence-electron chi connectivity index (χ4n) is 3.70. The molecule has 1 aliphatic rings. The summed E-state index contributed by atoms with van der Waals surface area (Å²) in [5.74, 6) is -0.878. The van der Waals surface area contributed by atoms with Crippen molar-refractivity contribution >= 4 is 17.8 Å². The van der Waals surface area contributed by atoms with Gasteiger partial charge in [0, 0.05) is 13.1 Å². The first-order chi connectivity index (χ1) is 14.7. The summed E-state index contributed by atoms with van der Waals surface area (Å²) < 4.78 is 13.5. The van der Waals surface area contributed by atoms with Crippen molar-refractivity contribution in [3.8, 4) is 0 Å². The molecule has 0 unspecified atom stereocenters. The number of urea groups is 1. The van der Waals surface area contributed by atoms with E-state index in [0.717, 1.165) is 10.5 Å². The van der Waals surface area contributed by atoms with E-state index in [9.17, 15) is 18.8 Å². The van der Waals surface area contributed by atoms with Gasteiger partial charge in [-0.2, -0.15) is 0 Å². The number of likely N-dealkylation sites (N-methyl/N-ethyl adjacent to an activating group) is 1. The SMILES string of the molecule is CCN(Cc1cccc(F)c1)C(=O)CN1C(=O)N[C@@](C)(c2ccc(C(C)C)cc2)C1=O. The highest BCUT2D eigenvalue weighted by atomic mass is 19.1. The summed E-state index contributed by atoms with van der Waals surface area (Å²) in [5, 5.41) is 2.73. The van der Waals surface area contributed by atoms with Gasteiger partial charge in [0.2, 0.25) is 5.91 Å². The standard InChI is InChI=1S/C24H28FN3O3/c1-5-27(14-17-7-6-8-20(25)13-17)21(29)15-28-22(30)24(4,26-23(28)31)19-11-9-18(10-12-19)16(2)3/h6-13,16H,5,14-15H2,1-4H3,(H,26,31)/t24-/m0/s1. The molecule has 0 radical (unpaired) electrons. The van der Waals surface area contributed by atoms with E-state index in [4.69, 9.17) is 0 Å². The predicted molar refractivity (Wildman–Crippen MR) is 116 cm³/mol. The van der Waals surface area contributed by atoms with Crippen molar-refractivity contribution in [1.82, 2.24) is 15.1 Å². The second kappa shape index (κ2) is 8.88. The maximum Gasteiger partial charge on any atom is 0.325 e. The van der Waals surface area contributed by atoms with Gasteiger partial charge in [0.25, 0.3) is 5.91 Å². The number of halogens is 1. The number of amides is 4. The van der Waals surface area contributed by atoms with Crippen molar-refractivity contribution in [2.24, 2.45) is 0 Å². The molecular formula is C24H28FN3O3. The molecule has 2 aromatic rings. The maximum atomic E-state index is 13.5. The third-order valence-corrected chi connectivity index (χ3v) is 5.72. The van der Waals surface area contributed by atoms with E-state index in [1.165, 1.54) is 17.0 Å². The van der Waals surface area contributed by atoms with Gasteiger partial charge in [-0.1, -0.05) is 50.2 Å². The van der Waals surface area contributed by atoms with Gasteiger partial charge in [-0.05, 0) is 48.6 Å². The topological polar surface area (TPSA) is 69.7 Å². The molecule has 6 nitrogen and oxygen atoms in total. The maximum absolute atomic E-state index is 13.5. The Labute approximate surface area is 182 Å². The summed E-state index contributed by atoms with van der Waals surface area (Å²) in [4.78, 5) is 41.0. The van der Waals surface area contributed by atoms with Crippen molar-refractivity contribution < 1.29 is 18.8 Å². The lowest BCUT2D eigenvalue weighted by atomic mass is 9.90. The van der Waals surface area contributed by atoms with Crippen LogP contribution in [0.4, 0.5) is 9.18 Å². The number of benzene rings is 2. The second-order valence-electron chi connectivity index (χ2n) is 8.26. The van der Waals surface area contributed by atoms with Crippen LogP contribution in [-0.4, -0.2) is 40.7 Å². The number of hydrogen-bond donors (Lipinski definition) is 1. The molecule has 0 aromatic heterocycles. The van der Waals surface area contributed by atoms with Crippen LogP contribution in [0.3, 0.4) is 0 Å². The molecule has 0 bridgehead atoms. The van der Waals surface area contributed by atoms with Gasteiger partial charge in [0.05, 0.1) is 0 Å². The van der Waals surface area contributed by atoms with Crippen LogP contribution in [0.5, 0.6) is 0 Å². The Bertz CT molecular complexity index is 990. The van der Waals surface area contributed by atoms with Crippen molar-refractivity contribution in [3.05, 3.63) is 71.0 Å². The van der Waals surface area contributed by atoms with Crippen molar-refractivity contribution in [2.75, 3.05) is 13.1 Å². The molecule has 164 valence electrons. The summed E-state index contributed by atoms with van der Waals surface area (Å²) in [7, 11) is 0. The zero-order valence-electron chi connectivity index (χ0n) is 18.3. The summed E-state index contributed by atoms with van der Waals surface area (Å²) in [6, 6.07) is 13.0. The molecular weight excluding hydrogens is 397 g/mol. The van der Waals surface area contributed by atoms with Gasteiger partial charge in [-0.15, -0.1) is 0 Å². The van der Waals surface area contributed by atoms with Crippen molar-refractivity contribution in [1.29, 1.82) is 0 Å². The number of rotatable bonds is 7. The normalized spacial score (nSPS) is 18.5. The molecule has 31 heavy (non-hydrogen) atoms. The molecule has 4 amide bonds. The van der Waals surface area contributed by atoms with E-state index >= 15 is 0 Å². The largest absolute Gasteiger partial charge is 0.337 e. The molecule has 2 aromatic carbocycles. The average Bonchev–Trinajstić information content (AvgIpc) is 2.96. The molecule has 1 heterocycles. The van der Waals surface area contributed by atoms with Crippen LogP contribution in [0.25, 0.3) is 0 Å². The summed E-state index contributed by atoms with van der Waals surface area (Å²) in [5.41, 5.74) is 1.21. The van der Waals surface area contributed by atoms with E-state index in [1.807, 2.05) is 24.3 Å². The minimum Gasteiger partial charge on any atom is -0.337 e. The van der Waals surface area contributed by atoms with Crippen LogP contribution < -0.4 is 5.32 Å². The summed E-state index contributed by atoms with van der Waals surface area (Å²) in [6.45, 7) is 7.80. The highest BCUT2D eigenvalue weighted by molar-refractivity contribution is 6.09. The monoisotopic (exact) mass is 425 g/mol. The highest BCUT2D eigenvalue weighted by Crippen LogP contribution is 2.30. The van der Waals surface area contributed by atoms with Gasteiger partial charge < -0.3 is 10.2 Å². The van der Waals surface area contributed by atoms with Gasteiger partial charge in [0.1, 0.15) is 17.9 Å². The van der Waals surface area contributed by atoms with E-state index in [2.05, 4.69) is 19.2 Å². The number of nitrogens with one attached hydrogen (secondary N) is 1. The summed E-state index contributed by atoms with van der Waals surface area (Å²) in [6.07, 6.45) is 0. The Balaban J connectivity index is 1.74. The Hall–Kier alpha value is -3.22. The fourth-order valence-corrected chi connectivity index (χ4v) is 3.70. The Morgan fingerprint density at radius 1 is 1.16 bits per heavy atom. The van der Waals surface area contributed by atoms with Crippen LogP contribution >= 0.6 is 0 Å². The minimum atomic E-state index is -1.23. The Morgan fingerprint density at radius 2 is 1.84 bits per heavy atom. The highest BCUT2D eigenvalue weighted by Gasteiger charge is 2.49. The molecule has 7 heteroatoms. The van der Waals surface area contributed by atoms with Gasteiger partial charge >= 0.3 is 6.03 Å². The third kappa shape index (κ3) is 4.60. The van der Waals surface area contributed by atoms with Crippen LogP contribution in [0.15, 0.2) is 48.5 Å². The Morgan fingerprint density at radius 3 is 2.42 bits per heavy atom. The lowest BCUT2D eigenvalue weighted by molar-refractivity contribution is -0.139. The number of nitrogens with zero attached hydrogens (tertiary/aromatic N) is 2. The number of hydrogen-bond acceptors (Lipinski definition) is 3. The van der Waals surface area contributed by atoms with Crippen LogP contribution in [0.2, 0.25) is 0 Å². The zero-order chi connectivity index (χ0) is 22.8. The quantitative estimate of drug-likeness (QED) is 0.687. The third-order valence-electron chi connectivity index (χ3n) is 5.72. The van der Waals surface area contributed by atoms with Crippen LogP contribution in [0.1, 0.15) is 50.3 Å². The van der Waals surface area contributed by atoms with Crippen molar-refractivity contribution in [3.63, 3.8) is 0 Å². The predicted octanol–water partition coefficient (Wildman–Crippen LogP) is 3.76. The van der Waals surface area contributed by atoms with E-state index in [1.54, 1.807) is 26.0 Å². The van der Waals surface area contributed by atoms with Gasteiger partial charge in [-0.3, -0.25) is 14.5 Å². The molecule has 1 fully saturated rings. The van der Waals surface area contributed by atoms with Crippen LogP contribution in [0, 0.1) is 5.82 Å². The molecule has 0 spiro atoms. The van der Waals surface area contributed by atoms with Gasteiger partial charge in [-0.25, -0.2) is 9.18 Å². The Kier molecular flexibility index (Phi) is 6.43. The molecule has 1 N–H and O–H groups in total. The number of imide groups is 1. The molecule has 1 atom stereocenters. The second-order valence-corrected chi connectivity index (χ2v) is 8.26. The first-order valence-electron chi connectivity index (χ1n) is 10.4. The zero-order valence-corrected chi connectivity index (χ0v) is 18.3. The first-order valence-corrected chi connectivity index (χ1v) is 10.4. The lowest BCUT2D eigenvalue weighted by Crippen LogP contribution is -2.44. The average molecular weight is 426 g/mol. The smallest absolute Gasteiger partial charge is 0.325 e. The first kappa shape index (κ1) is 22.5. The van der Waals surface area contributed by atoms with Gasteiger partial charge in [0.15, 0.2) is 0 Å². The van der Waals surface area contributed by atoms with E-state index in [-0.39, 0.29) is 24.8 Å². The van der Waals surface area contributed by atoms with E-state index in [0.29, 0.717) is 23.6 Å². The summed E-state index contributed by atoms with van der Waals surface area (Å²) >= 11 is 0. The molecule has 0 aliphatic carbocycles. The number of carbonyl (C=O) groups is 3. The fraction of sp³-hybridized carbons (Fsp3) is 0.375. The molecule has 0 saturated carbocycles.